The summed E-state index contributed by atoms with van der Waals surface area (Å²) in [7, 11) is 1.94. The molecular formula is C25H34N2O2. The van der Waals surface area contributed by atoms with E-state index in [-0.39, 0.29) is 16.9 Å². The van der Waals surface area contributed by atoms with Crippen LogP contribution in [-0.4, -0.2) is 26.8 Å². The monoisotopic (exact) mass is 394 g/mol. The van der Waals surface area contributed by atoms with Crippen molar-refractivity contribution in [1.29, 1.82) is 0 Å². The first-order valence-electron chi connectivity index (χ1n) is 11.4. The van der Waals surface area contributed by atoms with Gasteiger partial charge in [0.1, 0.15) is 0 Å². The van der Waals surface area contributed by atoms with Crippen LogP contribution in [0, 0.1) is 35.5 Å². The van der Waals surface area contributed by atoms with Gasteiger partial charge in [-0.3, -0.25) is 9.48 Å². The number of aliphatic hydroxyl groups is 1. The van der Waals surface area contributed by atoms with E-state index in [4.69, 9.17) is 0 Å². The van der Waals surface area contributed by atoms with Gasteiger partial charge in [0, 0.05) is 24.2 Å². The minimum Gasteiger partial charge on any atom is -0.393 e. The molecule has 4 aliphatic rings. The van der Waals surface area contributed by atoms with E-state index in [9.17, 15) is 9.90 Å². The first-order chi connectivity index (χ1) is 13.7. The van der Waals surface area contributed by atoms with Gasteiger partial charge in [-0.05, 0) is 86.7 Å². The van der Waals surface area contributed by atoms with Gasteiger partial charge in [0.15, 0.2) is 5.78 Å². The van der Waals surface area contributed by atoms with Crippen LogP contribution in [0.3, 0.4) is 0 Å². The SMILES string of the molecule is Cc1nn(C)cc1/C=C1/C[C@H]2[C@@H]3CC=C4CC(O)CC[C@]4(C)[C@H]3CC[C@]2(C)C1=O. The Balaban J connectivity index is 1.49. The van der Waals surface area contributed by atoms with E-state index < -0.39 is 0 Å². The Bertz CT molecular complexity index is 925. The molecule has 1 aromatic rings. The molecule has 0 bridgehead atoms. The van der Waals surface area contributed by atoms with E-state index in [1.165, 1.54) is 5.57 Å². The van der Waals surface area contributed by atoms with Crippen molar-refractivity contribution in [1.82, 2.24) is 9.78 Å². The molecular weight excluding hydrogens is 360 g/mol. The summed E-state index contributed by atoms with van der Waals surface area (Å²) in [5.41, 5.74) is 4.58. The van der Waals surface area contributed by atoms with E-state index in [1.54, 1.807) is 0 Å². The third-order valence-corrected chi connectivity index (χ3v) is 9.10. The Kier molecular flexibility index (Phi) is 4.26. The zero-order chi connectivity index (χ0) is 20.6. The number of Topliss-reactive ketones (excluding diaryl/α,β-unsaturated/α-hetero) is 1. The highest BCUT2D eigenvalue weighted by Crippen LogP contribution is 2.64. The number of ketones is 1. The molecule has 6 atom stereocenters. The molecule has 1 unspecified atom stereocenters. The summed E-state index contributed by atoms with van der Waals surface area (Å²) in [5, 5.41) is 14.6. The molecule has 0 saturated heterocycles. The average Bonchev–Trinajstić information content (AvgIpc) is 3.12. The summed E-state index contributed by atoms with van der Waals surface area (Å²) in [5.74, 6) is 2.06. The highest BCUT2D eigenvalue weighted by atomic mass is 16.3. The molecule has 1 heterocycles. The minimum absolute atomic E-state index is 0.162. The van der Waals surface area contributed by atoms with Crippen LogP contribution in [0.25, 0.3) is 6.08 Å². The van der Waals surface area contributed by atoms with Crippen molar-refractivity contribution in [2.75, 3.05) is 0 Å². The number of aliphatic hydroxyl groups excluding tert-OH is 1. The Morgan fingerprint density at radius 3 is 2.66 bits per heavy atom. The number of carbonyl (C=O) groups excluding carboxylic acids is 1. The van der Waals surface area contributed by atoms with Crippen molar-refractivity contribution < 1.29 is 9.90 Å². The highest BCUT2D eigenvalue weighted by molar-refractivity contribution is 6.06. The number of allylic oxidation sites excluding steroid dienone is 2. The molecule has 0 radical (unpaired) electrons. The summed E-state index contributed by atoms with van der Waals surface area (Å²) in [6, 6.07) is 0. The number of nitrogens with zero attached hydrogens (tertiary/aromatic N) is 2. The highest BCUT2D eigenvalue weighted by Gasteiger charge is 2.59. The van der Waals surface area contributed by atoms with Gasteiger partial charge in [-0.15, -0.1) is 0 Å². The standard InChI is InChI=1S/C25H34N2O2/c1-15-17(14-27(4)26-15)11-16-12-22-20-6-5-18-13-19(28)7-9-24(18,2)21(20)8-10-25(22,3)23(16)29/h5,11,14,19-22,28H,6-10,12-13H2,1-4H3/b16-11-/t19?,20-,21+,22+,24+,25+/m1/s1. The molecule has 3 fully saturated rings. The van der Waals surface area contributed by atoms with Gasteiger partial charge in [-0.2, -0.15) is 5.10 Å². The van der Waals surface area contributed by atoms with Crippen LogP contribution < -0.4 is 0 Å². The van der Waals surface area contributed by atoms with Crippen molar-refractivity contribution in [2.24, 2.45) is 35.6 Å². The molecule has 1 aromatic heterocycles. The second-order valence-electron chi connectivity index (χ2n) is 10.7. The van der Waals surface area contributed by atoms with Crippen LogP contribution in [0.15, 0.2) is 23.4 Å². The fourth-order valence-corrected chi connectivity index (χ4v) is 7.39. The smallest absolute Gasteiger partial charge is 0.165 e. The molecule has 4 heteroatoms. The van der Waals surface area contributed by atoms with Crippen molar-refractivity contribution >= 4 is 11.9 Å². The summed E-state index contributed by atoms with van der Waals surface area (Å²) in [6.07, 6.45) is 13.4. The zero-order valence-electron chi connectivity index (χ0n) is 18.2. The van der Waals surface area contributed by atoms with Gasteiger partial charge in [-0.1, -0.05) is 25.5 Å². The molecule has 0 aliphatic heterocycles. The Morgan fingerprint density at radius 1 is 1.17 bits per heavy atom. The molecule has 29 heavy (non-hydrogen) atoms. The van der Waals surface area contributed by atoms with E-state index in [0.717, 1.165) is 61.8 Å². The fraction of sp³-hybridized carbons (Fsp3) is 0.680. The van der Waals surface area contributed by atoms with E-state index in [1.807, 2.05) is 24.9 Å². The third kappa shape index (κ3) is 2.74. The van der Waals surface area contributed by atoms with E-state index >= 15 is 0 Å². The lowest BCUT2D eigenvalue weighted by atomic mass is 9.48. The summed E-state index contributed by atoms with van der Waals surface area (Å²) in [4.78, 5) is 13.5. The summed E-state index contributed by atoms with van der Waals surface area (Å²) in [6.45, 7) is 6.69. The van der Waals surface area contributed by atoms with Crippen LogP contribution in [0.2, 0.25) is 0 Å². The van der Waals surface area contributed by atoms with Crippen LogP contribution in [0.5, 0.6) is 0 Å². The van der Waals surface area contributed by atoms with Crippen LogP contribution in [0.1, 0.15) is 70.1 Å². The van der Waals surface area contributed by atoms with Crippen LogP contribution in [0.4, 0.5) is 0 Å². The van der Waals surface area contributed by atoms with Crippen molar-refractivity contribution in [2.45, 2.75) is 71.8 Å². The van der Waals surface area contributed by atoms with Crippen LogP contribution >= 0.6 is 0 Å². The zero-order valence-corrected chi connectivity index (χ0v) is 18.2. The van der Waals surface area contributed by atoms with Crippen molar-refractivity contribution in [3.05, 3.63) is 34.7 Å². The fourth-order valence-electron chi connectivity index (χ4n) is 7.39. The quantitative estimate of drug-likeness (QED) is 0.559. The normalized spacial score (nSPS) is 43.0. The molecule has 4 nitrogen and oxygen atoms in total. The van der Waals surface area contributed by atoms with Crippen molar-refractivity contribution in [3.63, 3.8) is 0 Å². The molecule has 0 spiro atoms. The summed E-state index contributed by atoms with van der Waals surface area (Å²) < 4.78 is 1.83. The van der Waals surface area contributed by atoms with Gasteiger partial charge in [0.2, 0.25) is 0 Å². The summed E-state index contributed by atoms with van der Waals surface area (Å²) >= 11 is 0. The lowest BCUT2D eigenvalue weighted by molar-refractivity contribution is -0.130. The number of rotatable bonds is 1. The number of aromatic nitrogens is 2. The molecule has 5 rings (SSSR count). The predicted molar refractivity (Wildman–Crippen MR) is 114 cm³/mol. The number of aryl methyl sites for hydroxylation is 2. The van der Waals surface area contributed by atoms with Gasteiger partial charge in [0.25, 0.3) is 0 Å². The lowest BCUT2D eigenvalue weighted by Crippen LogP contribution is -2.50. The molecule has 0 amide bonds. The van der Waals surface area contributed by atoms with Crippen LogP contribution in [-0.2, 0) is 11.8 Å². The number of fused-ring (bicyclic) bond motifs is 5. The number of hydrogen-bond donors (Lipinski definition) is 1. The first kappa shape index (κ1) is 19.3. The number of hydrogen-bond acceptors (Lipinski definition) is 3. The predicted octanol–water partition coefficient (Wildman–Crippen LogP) is 4.61. The van der Waals surface area contributed by atoms with Gasteiger partial charge in [-0.25, -0.2) is 0 Å². The molecule has 156 valence electrons. The van der Waals surface area contributed by atoms with E-state index in [0.29, 0.717) is 23.5 Å². The third-order valence-electron chi connectivity index (χ3n) is 9.10. The maximum absolute atomic E-state index is 13.5. The maximum atomic E-state index is 13.5. The van der Waals surface area contributed by atoms with E-state index in [2.05, 4.69) is 31.1 Å². The lowest BCUT2D eigenvalue weighted by Gasteiger charge is -2.56. The van der Waals surface area contributed by atoms with Gasteiger partial charge >= 0.3 is 0 Å². The first-order valence-corrected chi connectivity index (χ1v) is 11.4. The Morgan fingerprint density at radius 2 is 1.93 bits per heavy atom. The van der Waals surface area contributed by atoms with Gasteiger partial charge < -0.3 is 5.11 Å². The Labute approximate surface area is 174 Å². The molecule has 1 N–H and O–H groups in total. The maximum Gasteiger partial charge on any atom is 0.165 e. The molecule has 4 aliphatic carbocycles. The molecule has 3 saturated carbocycles. The van der Waals surface area contributed by atoms with Gasteiger partial charge in [0.05, 0.1) is 11.8 Å². The Hall–Kier alpha value is -1.68. The second-order valence-corrected chi connectivity index (χ2v) is 10.7. The van der Waals surface area contributed by atoms with Crippen molar-refractivity contribution in [3.8, 4) is 0 Å². The topological polar surface area (TPSA) is 55.1 Å². The largest absolute Gasteiger partial charge is 0.393 e. The molecule has 0 aromatic carbocycles. The number of carbonyl (C=O) groups is 1. The minimum atomic E-state index is -0.209. The average molecular weight is 395 g/mol. The second kappa shape index (κ2) is 6.41.